The lowest BCUT2D eigenvalue weighted by Gasteiger charge is -2.35. The number of aromatic hydroxyl groups is 1. The average Bonchev–Trinajstić information content (AvgIpc) is 3.31. The van der Waals surface area contributed by atoms with E-state index < -0.39 is 5.82 Å². The molecule has 33 heavy (non-hydrogen) atoms. The van der Waals surface area contributed by atoms with Crippen LogP contribution in [0.4, 0.5) is 15.0 Å². The van der Waals surface area contributed by atoms with Crippen LogP contribution in [0.15, 0.2) is 36.4 Å². The van der Waals surface area contributed by atoms with Crippen LogP contribution in [0.2, 0.25) is 0 Å². The lowest BCUT2D eigenvalue weighted by atomic mass is 10.1. The zero-order valence-electron chi connectivity index (χ0n) is 18.3. The van der Waals surface area contributed by atoms with E-state index in [-0.39, 0.29) is 29.3 Å². The van der Waals surface area contributed by atoms with Gasteiger partial charge in [0, 0.05) is 38.0 Å². The molecule has 9 heteroatoms. The fraction of sp³-hybridized carbons (Fsp3) is 0.375. The van der Waals surface area contributed by atoms with Gasteiger partial charge in [0.2, 0.25) is 0 Å². The number of ether oxygens (including phenoxy) is 2. The molecule has 0 bridgehead atoms. The molecule has 2 saturated heterocycles. The summed E-state index contributed by atoms with van der Waals surface area (Å²) in [6.45, 7) is 5.06. The second-order valence-electron chi connectivity index (χ2n) is 8.37. The molecule has 172 valence electrons. The van der Waals surface area contributed by atoms with Crippen LogP contribution in [0.1, 0.15) is 12.0 Å². The number of piperazine rings is 1. The summed E-state index contributed by atoms with van der Waals surface area (Å²) in [5.74, 6) is -0.0237. The quantitative estimate of drug-likeness (QED) is 0.651. The predicted octanol–water partition coefficient (Wildman–Crippen LogP) is 3.50. The van der Waals surface area contributed by atoms with Crippen molar-refractivity contribution in [1.82, 2.24) is 14.9 Å². The third-order valence-corrected chi connectivity index (χ3v) is 6.04. The molecule has 8 nitrogen and oxygen atoms in total. The summed E-state index contributed by atoms with van der Waals surface area (Å²) in [5.41, 5.74) is 1.66. The van der Waals surface area contributed by atoms with Crippen LogP contribution in [0, 0.1) is 12.7 Å². The van der Waals surface area contributed by atoms with E-state index in [1.54, 1.807) is 4.90 Å². The Bertz CT molecular complexity index is 1170. The number of fused-ring (bicyclic) bond motifs is 1. The number of anilines is 1. The Morgan fingerprint density at radius 1 is 1.18 bits per heavy atom. The minimum absolute atomic E-state index is 0.0249. The number of aromatic nitrogens is 2. The molecule has 2 aliphatic heterocycles. The van der Waals surface area contributed by atoms with Crippen molar-refractivity contribution < 1.29 is 23.8 Å². The van der Waals surface area contributed by atoms with Gasteiger partial charge < -0.3 is 24.4 Å². The first-order valence-corrected chi connectivity index (χ1v) is 11.0. The van der Waals surface area contributed by atoms with Gasteiger partial charge >= 0.3 is 6.09 Å². The molecule has 1 amide bonds. The number of benzene rings is 2. The Balaban J connectivity index is 1.43. The molecule has 2 aliphatic rings. The smallest absolute Gasteiger partial charge is 0.410 e. The molecule has 1 N–H and O–H groups in total. The number of aryl methyl sites for hydroxylation is 1. The van der Waals surface area contributed by atoms with E-state index in [0.717, 1.165) is 17.4 Å². The van der Waals surface area contributed by atoms with Crippen LogP contribution < -0.4 is 4.90 Å². The second-order valence-corrected chi connectivity index (χ2v) is 8.37. The van der Waals surface area contributed by atoms with Gasteiger partial charge in [-0.05, 0) is 36.8 Å². The van der Waals surface area contributed by atoms with Crippen LogP contribution in [0.5, 0.6) is 5.75 Å². The monoisotopic (exact) mass is 452 g/mol. The molecule has 5 rings (SSSR count). The number of phenolic OH excluding ortho intramolecular Hbond substituents is 1. The van der Waals surface area contributed by atoms with Gasteiger partial charge in [-0.15, -0.1) is 0 Å². The molecule has 0 radical (unpaired) electrons. The van der Waals surface area contributed by atoms with Crippen molar-refractivity contribution in [1.29, 1.82) is 0 Å². The van der Waals surface area contributed by atoms with E-state index >= 15 is 0 Å². The molecular formula is C24H25FN4O4. The van der Waals surface area contributed by atoms with Crippen LogP contribution in [0.3, 0.4) is 0 Å². The first-order chi connectivity index (χ1) is 16.0. The molecule has 1 atom stereocenters. The van der Waals surface area contributed by atoms with Crippen molar-refractivity contribution in [3.8, 4) is 17.1 Å². The fourth-order valence-electron chi connectivity index (χ4n) is 4.23. The maximum absolute atomic E-state index is 14.6. The Hall–Kier alpha value is -3.46. The maximum atomic E-state index is 14.6. The van der Waals surface area contributed by atoms with Crippen LogP contribution in [0.25, 0.3) is 22.3 Å². The number of rotatable bonds is 3. The highest BCUT2D eigenvalue weighted by molar-refractivity contribution is 5.92. The molecule has 0 aliphatic carbocycles. The highest BCUT2D eigenvalue weighted by Gasteiger charge is 2.28. The highest BCUT2D eigenvalue weighted by Crippen LogP contribution is 2.34. The van der Waals surface area contributed by atoms with Gasteiger partial charge in [-0.25, -0.2) is 19.2 Å². The lowest BCUT2D eigenvalue weighted by Crippen LogP contribution is -2.49. The summed E-state index contributed by atoms with van der Waals surface area (Å²) in [4.78, 5) is 25.5. The van der Waals surface area contributed by atoms with Gasteiger partial charge in [-0.1, -0.05) is 12.1 Å². The van der Waals surface area contributed by atoms with Gasteiger partial charge in [-0.2, -0.15) is 0 Å². The fourth-order valence-corrected chi connectivity index (χ4v) is 4.23. The van der Waals surface area contributed by atoms with Crippen molar-refractivity contribution in [3.05, 3.63) is 47.8 Å². The van der Waals surface area contributed by atoms with Crippen molar-refractivity contribution in [2.24, 2.45) is 0 Å². The maximum Gasteiger partial charge on any atom is 0.410 e. The van der Waals surface area contributed by atoms with Gasteiger partial charge in [0.05, 0.1) is 24.3 Å². The van der Waals surface area contributed by atoms with Crippen molar-refractivity contribution in [2.45, 2.75) is 19.4 Å². The number of carbonyl (C=O) groups excluding carboxylic acids is 1. The minimum atomic E-state index is -0.587. The number of halogens is 1. The number of carbonyl (C=O) groups is 1. The predicted molar refractivity (Wildman–Crippen MR) is 121 cm³/mol. The van der Waals surface area contributed by atoms with Gasteiger partial charge in [0.1, 0.15) is 23.5 Å². The average molecular weight is 452 g/mol. The summed E-state index contributed by atoms with van der Waals surface area (Å²) in [5, 5.41) is 11.1. The summed E-state index contributed by atoms with van der Waals surface area (Å²) in [7, 11) is 0. The molecule has 0 saturated carbocycles. The molecule has 1 aromatic heterocycles. The Kier molecular flexibility index (Phi) is 5.72. The topological polar surface area (TPSA) is 88.0 Å². The van der Waals surface area contributed by atoms with E-state index in [0.29, 0.717) is 50.7 Å². The van der Waals surface area contributed by atoms with Crippen LogP contribution in [-0.4, -0.2) is 71.6 Å². The third kappa shape index (κ3) is 4.28. The first kappa shape index (κ1) is 21.4. The molecule has 2 fully saturated rings. The van der Waals surface area contributed by atoms with Crippen LogP contribution in [-0.2, 0) is 9.47 Å². The summed E-state index contributed by atoms with van der Waals surface area (Å²) in [6, 6.07) is 9.98. The molecule has 3 heterocycles. The Morgan fingerprint density at radius 2 is 2.00 bits per heavy atom. The summed E-state index contributed by atoms with van der Waals surface area (Å²) in [6.07, 6.45) is 0.217. The summed E-state index contributed by atoms with van der Waals surface area (Å²) < 4.78 is 25.4. The third-order valence-electron chi connectivity index (χ3n) is 6.04. The van der Waals surface area contributed by atoms with Crippen molar-refractivity contribution >= 4 is 22.8 Å². The van der Waals surface area contributed by atoms with E-state index in [9.17, 15) is 14.3 Å². The zero-order chi connectivity index (χ0) is 22.9. The highest BCUT2D eigenvalue weighted by atomic mass is 19.1. The molecule has 0 unspecified atom stereocenters. The van der Waals surface area contributed by atoms with Crippen LogP contribution >= 0.6 is 0 Å². The van der Waals surface area contributed by atoms with E-state index in [4.69, 9.17) is 9.47 Å². The van der Waals surface area contributed by atoms with Gasteiger partial charge in [0.15, 0.2) is 5.82 Å². The van der Waals surface area contributed by atoms with E-state index in [2.05, 4.69) is 14.9 Å². The van der Waals surface area contributed by atoms with Gasteiger partial charge in [-0.3, -0.25) is 0 Å². The van der Waals surface area contributed by atoms with E-state index in [1.807, 2.05) is 25.1 Å². The second kappa shape index (κ2) is 8.82. The molecule has 3 aromatic rings. The lowest BCUT2D eigenvalue weighted by molar-refractivity contribution is 0.0534. The molecule has 0 spiro atoms. The minimum Gasteiger partial charge on any atom is -0.507 e. The SMILES string of the molecule is Cc1ccc2c(N3CCN(C(=O)O[C@H]4CCOC4)CC3)nc(-c3c(O)cccc3F)nc2c1. The summed E-state index contributed by atoms with van der Waals surface area (Å²) >= 11 is 0. The normalized spacial score (nSPS) is 18.7. The number of hydrogen-bond acceptors (Lipinski definition) is 7. The number of nitrogens with zero attached hydrogens (tertiary/aromatic N) is 4. The first-order valence-electron chi connectivity index (χ1n) is 11.0. The van der Waals surface area contributed by atoms with E-state index in [1.165, 1.54) is 18.2 Å². The number of phenols is 1. The van der Waals surface area contributed by atoms with Crippen molar-refractivity contribution in [3.63, 3.8) is 0 Å². The number of amides is 1. The van der Waals surface area contributed by atoms with Crippen molar-refractivity contribution in [2.75, 3.05) is 44.3 Å². The Labute approximate surface area is 190 Å². The molecular weight excluding hydrogens is 427 g/mol. The van der Waals surface area contributed by atoms with Gasteiger partial charge in [0.25, 0.3) is 0 Å². The largest absolute Gasteiger partial charge is 0.507 e. The standard InChI is InChI=1S/C24H25FN4O4/c1-15-5-6-17-19(13-15)26-22(21-18(25)3-2-4-20(21)30)27-23(17)28-8-10-29(11-9-28)24(31)33-16-7-12-32-14-16/h2-6,13,16,30H,7-12,14H2,1H3/t16-/m0/s1. The Morgan fingerprint density at radius 3 is 2.73 bits per heavy atom. The molecule has 2 aromatic carbocycles. The number of hydrogen-bond donors (Lipinski definition) is 1. The zero-order valence-corrected chi connectivity index (χ0v) is 18.3.